The van der Waals surface area contributed by atoms with Gasteiger partial charge in [-0.2, -0.15) is 0 Å². The van der Waals surface area contributed by atoms with Crippen molar-refractivity contribution >= 4 is 28.9 Å². The second-order valence-corrected chi connectivity index (χ2v) is 9.57. The van der Waals surface area contributed by atoms with Gasteiger partial charge in [-0.25, -0.2) is 0 Å². The van der Waals surface area contributed by atoms with Crippen LogP contribution in [0.2, 0.25) is 0 Å². The number of nitro groups is 1. The molecule has 0 radical (unpaired) electrons. The van der Waals surface area contributed by atoms with Gasteiger partial charge in [-0.15, -0.1) is 23.2 Å². The highest BCUT2D eigenvalue weighted by atomic mass is 35.5. The normalized spacial score (nSPS) is 13.6. The number of non-ortho nitro benzene ring substituents is 1. The number of aryl methyl sites for hydroxylation is 1. The van der Waals surface area contributed by atoms with Crippen molar-refractivity contribution in [2.75, 3.05) is 0 Å². The first kappa shape index (κ1) is 23.8. The summed E-state index contributed by atoms with van der Waals surface area (Å²) in [5.74, 6) is 0.883. The minimum atomic E-state index is -0.288. The lowest BCUT2D eigenvalue weighted by atomic mass is 9.71. The van der Waals surface area contributed by atoms with Crippen molar-refractivity contribution < 1.29 is 4.92 Å². The molecule has 0 saturated carbocycles. The minimum absolute atomic E-state index is 0.160. The van der Waals surface area contributed by atoms with Crippen molar-refractivity contribution in [3.63, 3.8) is 0 Å². The zero-order valence-corrected chi connectivity index (χ0v) is 20.9. The first-order valence-corrected chi connectivity index (χ1v) is 12.7. The Kier molecular flexibility index (Phi) is 6.83. The van der Waals surface area contributed by atoms with Crippen LogP contribution in [-0.2, 0) is 17.2 Å². The quantitative estimate of drug-likeness (QED) is 0.183. The molecule has 0 heterocycles. The maximum atomic E-state index is 11.6. The van der Waals surface area contributed by atoms with Gasteiger partial charge in [-0.3, -0.25) is 10.1 Å². The Morgan fingerprint density at radius 2 is 1.42 bits per heavy atom. The maximum Gasteiger partial charge on any atom is 0.269 e. The molecule has 33 heavy (non-hydrogen) atoms. The van der Waals surface area contributed by atoms with E-state index in [0.29, 0.717) is 11.8 Å². The monoisotopic (exact) mass is 481 g/mol. The highest BCUT2D eigenvalue weighted by molar-refractivity contribution is 6.18. The summed E-state index contributed by atoms with van der Waals surface area (Å²) < 4.78 is 0. The third-order valence-corrected chi connectivity index (χ3v) is 7.64. The van der Waals surface area contributed by atoms with Crippen LogP contribution in [0.15, 0.2) is 48.5 Å². The molecule has 0 fully saturated rings. The second kappa shape index (κ2) is 9.48. The first-order valence-electron chi connectivity index (χ1n) is 11.6. The number of nitro benzene ring substituents is 1. The Bertz CT molecular complexity index is 1210. The molecule has 3 aromatic rings. The number of benzene rings is 3. The summed E-state index contributed by atoms with van der Waals surface area (Å²) in [5, 5.41) is 11.6. The van der Waals surface area contributed by atoms with Gasteiger partial charge in [0.1, 0.15) is 0 Å². The van der Waals surface area contributed by atoms with Crippen molar-refractivity contribution in [1.29, 1.82) is 0 Å². The Labute approximate surface area is 205 Å². The van der Waals surface area contributed by atoms with E-state index in [4.69, 9.17) is 23.2 Å². The van der Waals surface area contributed by atoms with Crippen LogP contribution < -0.4 is 0 Å². The number of nitrogens with zero attached hydrogens (tertiary/aromatic N) is 1. The molecule has 0 atom stereocenters. The van der Waals surface area contributed by atoms with E-state index in [1.54, 1.807) is 6.07 Å². The third kappa shape index (κ3) is 3.96. The van der Waals surface area contributed by atoms with E-state index in [1.807, 2.05) is 12.1 Å². The largest absolute Gasteiger partial charge is 0.269 e. The minimum Gasteiger partial charge on any atom is -0.258 e. The van der Waals surface area contributed by atoms with Crippen LogP contribution in [0, 0.1) is 17.0 Å². The molecule has 4 rings (SSSR count). The maximum absolute atomic E-state index is 11.6. The molecule has 0 bridgehead atoms. The van der Waals surface area contributed by atoms with E-state index in [-0.39, 0.29) is 16.0 Å². The number of fused-ring (bicyclic) bond motifs is 3. The van der Waals surface area contributed by atoms with Gasteiger partial charge in [0.15, 0.2) is 0 Å². The van der Waals surface area contributed by atoms with Gasteiger partial charge in [-0.05, 0) is 88.0 Å². The fraction of sp³-hybridized carbons (Fsp3) is 0.357. The summed E-state index contributed by atoms with van der Waals surface area (Å²) >= 11 is 12.6. The summed E-state index contributed by atoms with van der Waals surface area (Å²) in [6.45, 7) is 6.44. The van der Waals surface area contributed by atoms with Crippen LogP contribution in [0.3, 0.4) is 0 Å². The molecule has 0 unspecified atom stereocenters. The fourth-order valence-electron chi connectivity index (χ4n) is 5.62. The van der Waals surface area contributed by atoms with E-state index >= 15 is 0 Å². The molecule has 1 aliphatic rings. The molecule has 5 heteroatoms. The van der Waals surface area contributed by atoms with Gasteiger partial charge in [0.2, 0.25) is 0 Å². The van der Waals surface area contributed by atoms with E-state index in [1.165, 1.54) is 11.1 Å². The average molecular weight is 482 g/mol. The predicted molar refractivity (Wildman–Crippen MR) is 138 cm³/mol. The zero-order valence-electron chi connectivity index (χ0n) is 19.4. The molecule has 3 aromatic carbocycles. The highest BCUT2D eigenvalue weighted by Crippen LogP contribution is 2.55. The lowest BCUT2D eigenvalue weighted by Gasteiger charge is -2.32. The molecule has 0 aromatic heterocycles. The molecule has 0 spiro atoms. The lowest BCUT2D eigenvalue weighted by Crippen LogP contribution is -2.25. The standard InChI is InChI=1S/C28H29Cl2NO2/c1-4-10-28(11-5-2)26-14-19(25-13-20(16-29)18(3)12-21(25)17-30)6-8-23(26)24-9-7-22(31(32)33)15-27(24)28/h6-9,12-15H,4-5,10-11,16-17H2,1-3H3. The van der Waals surface area contributed by atoms with E-state index in [0.717, 1.165) is 64.6 Å². The van der Waals surface area contributed by atoms with Gasteiger partial charge in [-0.1, -0.05) is 44.9 Å². The van der Waals surface area contributed by atoms with Crippen LogP contribution in [0.25, 0.3) is 22.3 Å². The lowest BCUT2D eigenvalue weighted by molar-refractivity contribution is -0.384. The molecule has 0 N–H and O–H groups in total. The van der Waals surface area contributed by atoms with Crippen molar-refractivity contribution in [3.05, 3.63) is 86.5 Å². The average Bonchev–Trinajstić information content (AvgIpc) is 3.08. The van der Waals surface area contributed by atoms with Crippen LogP contribution in [0.4, 0.5) is 5.69 Å². The number of hydrogen-bond acceptors (Lipinski definition) is 2. The summed E-state index contributed by atoms with van der Waals surface area (Å²) in [6, 6.07) is 16.3. The zero-order chi connectivity index (χ0) is 23.8. The van der Waals surface area contributed by atoms with Gasteiger partial charge < -0.3 is 0 Å². The van der Waals surface area contributed by atoms with Gasteiger partial charge in [0.25, 0.3) is 5.69 Å². The van der Waals surface area contributed by atoms with Crippen molar-refractivity contribution in [3.8, 4) is 22.3 Å². The Morgan fingerprint density at radius 1 is 0.818 bits per heavy atom. The van der Waals surface area contributed by atoms with Crippen molar-refractivity contribution in [2.45, 2.75) is 63.6 Å². The summed E-state index contributed by atoms with van der Waals surface area (Å²) in [4.78, 5) is 11.3. The Hall–Kier alpha value is -2.36. The molecule has 1 aliphatic carbocycles. The molecule has 172 valence electrons. The van der Waals surface area contributed by atoms with Crippen LogP contribution in [-0.4, -0.2) is 4.92 Å². The molecular formula is C28H29Cl2NO2. The number of hydrogen-bond donors (Lipinski definition) is 0. The topological polar surface area (TPSA) is 43.1 Å². The number of alkyl halides is 2. The molecule has 0 aliphatic heterocycles. The predicted octanol–water partition coefficient (Wildman–Crippen LogP) is 8.91. The molecule has 3 nitrogen and oxygen atoms in total. The smallest absolute Gasteiger partial charge is 0.258 e. The van der Waals surface area contributed by atoms with Crippen LogP contribution >= 0.6 is 23.2 Å². The summed E-state index contributed by atoms with van der Waals surface area (Å²) in [6.07, 6.45) is 3.91. The summed E-state index contributed by atoms with van der Waals surface area (Å²) in [7, 11) is 0. The molecule has 0 amide bonds. The summed E-state index contributed by atoms with van der Waals surface area (Å²) in [5.41, 5.74) is 10.2. The molecule has 0 saturated heterocycles. The van der Waals surface area contributed by atoms with Gasteiger partial charge in [0.05, 0.1) is 4.92 Å². The Morgan fingerprint density at radius 3 is 2.00 bits per heavy atom. The van der Waals surface area contributed by atoms with Gasteiger partial charge >= 0.3 is 0 Å². The third-order valence-electron chi connectivity index (χ3n) is 7.07. The van der Waals surface area contributed by atoms with E-state index < -0.39 is 0 Å². The van der Waals surface area contributed by atoms with E-state index in [9.17, 15) is 10.1 Å². The van der Waals surface area contributed by atoms with Gasteiger partial charge in [0, 0.05) is 29.3 Å². The van der Waals surface area contributed by atoms with E-state index in [2.05, 4.69) is 51.1 Å². The van der Waals surface area contributed by atoms with Crippen LogP contribution in [0.5, 0.6) is 0 Å². The van der Waals surface area contributed by atoms with Crippen molar-refractivity contribution in [1.82, 2.24) is 0 Å². The number of halogens is 2. The SMILES string of the molecule is CCCC1(CCC)c2cc(-c3cc(CCl)c(C)cc3CCl)ccc2-c2ccc([N+](=O)[O-])cc21. The first-order chi connectivity index (χ1) is 15.9. The Balaban J connectivity index is 1.97. The highest BCUT2D eigenvalue weighted by Gasteiger charge is 2.42. The van der Waals surface area contributed by atoms with Crippen molar-refractivity contribution in [2.24, 2.45) is 0 Å². The van der Waals surface area contributed by atoms with Crippen LogP contribution in [0.1, 0.15) is 67.3 Å². The fourth-order valence-corrected chi connectivity index (χ4v) is 6.13. The second-order valence-electron chi connectivity index (χ2n) is 9.03. The molecular weight excluding hydrogens is 453 g/mol. The number of rotatable bonds is 8.